The molecule has 6 atom stereocenters. The number of amides is 3. The van der Waals surface area contributed by atoms with E-state index in [2.05, 4.69) is 39.5 Å². The molecule has 2 aliphatic rings. The number of hydrogen-bond acceptors (Lipinski definition) is 12. The molecule has 18 heteroatoms. The van der Waals surface area contributed by atoms with Crippen LogP contribution < -0.4 is 21.7 Å². The summed E-state index contributed by atoms with van der Waals surface area (Å²) in [7, 11) is -4.75. The van der Waals surface area contributed by atoms with E-state index in [0.717, 1.165) is 115 Å². The first kappa shape index (κ1) is 57.4. The molecule has 370 valence electrons. The van der Waals surface area contributed by atoms with Crippen LogP contribution in [0.1, 0.15) is 187 Å². The second-order valence-corrected chi connectivity index (χ2v) is 20.0. The average molecular weight is 947 g/mol. The van der Waals surface area contributed by atoms with Crippen molar-refractivity contribution in [2.45, 2.75) is 216 Å². The van der Waals surface area contributed by atoms with Crippen molar-refractivity contribution in [1.82, 2.24) is 16.0 Å². The number of ether oxygens (including phenoxy) is 2. The molecule has 0 aromatic heterocycles. The Kier molecular flexibility index (Phi) is 32.7. The van der Waals surface area contributed by atoms with Crippen LogP contribution in [0.4, 0.5) is 4.79 Å². The number of carbonyl (C=O) groups excluding carboxylic acids is 4. The summed E-state index contributed by atoms with van der Waals surface area (Å²) in [5.74, 6) is -1.41. The van der Waals surface area contributed by atoms with Crippen molar-refractivity contribution in [2.24, 2.45) is 5.73 Å². The fraction of sp³-hybridized carbons (Fsp3) is 0.848. The van der Waals surface area contributed by atoms with Gasteiger partial charge in [0.15, 0.2) is 6.10 Å². The quantitative estimate of drug-likeness (QED) is 0.0110. The number of hydrogen-bond donors (Lipinski definition) is 6. The SMILES string of the molecule is CCCCCCCC/C=C\CCCCCCCC(=O)OC[C@H](COP(=O)(O)OC[C@H](N)C(=O)O)OC(=O)CCCCCCCCCCCNC(=O)CCCC[C@@H]1SC[C@@H]2NC(=O)N[C@@H]21. The Labute approximate surface area is 387 Å². The summed E-state index contributed by atoms with van der Waals surface area (Å²) in [4.78, 5) is 69.9. The fourth-order valence-electron chi connectivity index (χ4n) is 7.64. The fourth-order valence-corrected chi connectivity index (χ4v) is 9.96. The molecule has 1 unspecified atom stereocenters. The number of carbonyl (C=O) groups is 5. The van der Waals surface area contributed by atoms with Gasteiger partial charge < -0.3 is 41.2 Å². The van der Waals surface area contributed by atoms with Crippen molar-refractivity contribution in [2.75, 3.05) is 32.1 Å². The van der Waals surface area contributed by atoms with E-state index < -0.39 is 51.1 Å². The summed E-state index contributed by atoms with van der Waals surface area (Å²) in [6.07, 6.45) is 30.6. The predicted octanol–water partition coefficient (Wildman–Crippen LogP) is 8.77. The molecule has 2 heterocycles. The summed E-state index contributed by atoms with van der Waals surface area (Å²) in [6.45, 7) is 1.16. The van der Waals surface area contributed by atoms with Crippen LogP contribution in [0.5, 0.6) is 0 Å². The van der Waals surface area contributed by atoms with Gasteiger partial charge in [-0.3, -0.25) is 28.2 Å². The first-order valence-corrected chi connectivity index (χ1v) is 27.0. The second kappa shape index (κ2) is 36.4. The average Bonchev–Trinajstić information content (AvgIpc) is 3.82. The molecule has 0 aromatic carbocycles. The maximum Gasteiger partial charge on any atom is 0.472 e. The first-order chi connectivity index (χ1) is 30.9. The van der Waals surface area contributed by atoms with Gasteiger partial charge >= 0.3 is 31.8 Å². The highest BCUT2D eigenvalue weighted by Gasteiger charge is 2.42. The molecule has 0 saturated carbocycles. The summed E-state index contributed by atoms with van der Waals surface area (Å²) in [5.41, 5.74) is 5.34. The minimum Gasteiger partial charge on any atom is -0.480 e. The van der Waals surface area contributed by atoms with Gasteiger partial charge in [0.2, 0.25) is 5.91 Å². The third-order valence-electron chi connectivity index (χ3n) is 11.5. The van der Waals surface area contributed by atoms with Crippen molar-refractivity contribution in [3.05, 3.63) is 12.2 Å². The number of nitrogens with two attached hydrogens (primary N) is 1. The zero-order chi connectivity index (χ0) is 46.7. The highest BCUT2D eigenvalue weighted by molar-refractivity contribution is 8.00. The van der Waals surface area contributed by atoms with Crippen molar-refractivity contribution in [3.63, 3.8) is 0 Å². The predicted molar refractivity (Wildman–Crippen MR) is 251 cm³/mol. The number of rotatable bonds is 42. The van der Waals surface area contributed by atoms with Gasteiger partial charge in [0, 0.05) is 36.8 Å². The summed E-state index contributed by atoms with van der Waals surface area (Å²) >= 11 is 1.90. The van der Waals surface area contributed by atoms with Crippen molar-refractivity contribution < 1.29 is 57.1 Å². The number of carboxylic acids is 1. The monoisotopic (exact) mass is 947 g/mol. The standard InChI is InChI=1S/C46H83N4O12PS/c1-2-3-4-5-6-7-8-9-10-11-12-14-17-20-23-30-42(52)59-33-37(34-60-63(57,58)61-35-38(47)45(54)55)62-43(53)31-24-21-18-15-13-16-19-22-27-32-48-41(51)29-26-25-28-40-44-39(36-64-40)49-46(56)50-44/h9-10,37-40,44H,2-8,11-36,47H2,1H3,(H,48,51)(H,54,55)(H,57,58)(H2,49,50,56)/b10-9-/t37-,38+,39+,40+,44+/m1/s1. The van der Waals surface area contributed by atoms with Gasteiger partial charge in [0.05, 0.1) is 25.3 Å². The van der Waals surface area contributed by atoms with Gasteiger partial charge in [0.1, 0.15) is 12.6 Å². The lowest BCUT2D eigenvalue weighted by molar-refractivity contribution is -0.161. The largest absolute Gasteiger partial charge is 0.480 e. The van der Waals surface area contributed by atoms with Crippen LogP contribution >= 0.6 is 19.6 Å². The molecule has 2 rings (SSSR count). The molecule has 16 nitrogen and oxygen atoms in total. The molecule has 64 heavy (non-hydrogen) atoms. The first-order valence-electron chi connectivity index (χ1n) is 24.5. The number of nitrogens with one attached hydrogen (secondary N) is 3. The second-order valence-electron chi connectivity index (χ2n) is 17.3. The third kappa shape index (κ3) is 29.8. The highest BCUT2D eigenvalue weighted by Crippen LogP contribution is 2.43. The van der Waals surface area contributed by atoms with Crippen molar-refractivity contribution in [3.8, 4) is 0 Å². The van der Waals surface area contributed by atoms with Crippen LogP contribution in [0.3, 0.4) is 0 Å². The number of aliphatic carboxylic acids is 1. The van der Waals surface area contributed by atoms with Crippen LogP contribution in [0.15, 0.2) is 12.2 Å². The molecule has 2 aliphatic heterocycles. The van der Waals surface area contributed by atoms with E-state index >= 15 is 0 Å². The molecule has 2 fully saturated rings. The number of carboxylic acid groups (broad SMARTS) is 1. The van der Waals surface area contributed by atoms with Gasteiger partial charge in [-0.05, 0) is 57.8 Å². The Morgan fingerprint density at radius 2 is 1.30 bits per heavy atom. The Bertz CT molecular complexity index is 1390. The van der Waals surface area contributed by atoms with Crippen LogP contribution in [0, 0.1) is 0 Å². The number of urea groups is 1. The van der Waals surface area contributed by atoms with E-state index in [1.807, 2.05) is 11.8 Å². The molecular weight excluding hydrogens is 864 g/mol. The minimum atomic E-state index is -4.75. The Morgan fingerprint density at radius 1 is 0.750 bits per heavy atom. The lowest BCUT2D eigenvalue weighted by Gasteiger charge is -2.20. The van der Waals surface area contributed by atoms with Crippen LogP contribution in [-0.4, -0.2) is 101 Å². The Morgan fingerprint density at radius 3 is 1.92 bits per heavy atom. The number of esters is 2. The van der Waals surface area contributed by atoms with Crippen LogP contribution in [-0.2, 0) is 42.3 Å². The van der Waals surface area contributed by atoms with Gasteiger partial charge in [-0.25, -0.2) is 9.36 Å². The number of thioether (sulfide) groups is 1. The van der Waals surface area contributed by atoms with Crippen molar-refractivity contribution >= 4 is 49.4 Å². The normalized spacial score (nSPS) is 18.8. The highest BCUT2D eigenvalue weighted by atomic mass is 32.2. The van der Waals surface area contributed by atoms with E-state index in [-0.39, 0.29) is 43.5 Å². The molecular formula is C46H83N4O12PS. The molecule has 0 aliphatic carbocycles. The lowest BCUT2D eigenvalue weighted by atomic mass is 10.0. The van der Waals surface area contributed by atoms with E-state index in [9.17, 15) is 33.4 Å². The van der Waals surface area contributed by atoms with Crippen LogP contribution in [0.2, 0.25) is 0 Å². The van der Waals surface area contributed by atoms with Gasteiger partial charge in [-0.15, -0.1) is 0 Å². The summed E-state index contributed by atoms with van der Waals surface area (Å²) in [6, 6.07) is -1.17. The van der Waals surface area contributed by atoms with Crippen molar-refractivity contribution in [1.29, 1.82) is 0 Å². The van der Waals surface area contributed by atoms with Gasteiger partial charge in [0.25, 0.3) is 0 Å². The number of unbranched alkanes of at least 4 members (excludes halogenated alkanes) is 20. The topological polar surface area (TPSA) is 242 Å². The molecule has 2 saturated heterocycles. The molecule has 0 radical (unpaired) electrons. The summed E-state index contributed by atoms with van der Waals surface area (Å²) < 4.78 is 32.8. The zero-order valence-electron chi connectivity index (χ0n) is 38.8. The molecule has 3 amide bonds. The molecule has 0 bridgehead atoms. The Balaban J connectivity index is 1.52. The van der Waals surface area contributed by atoms with Gasteiger partial charge in [-0.2, -0.15) is 11.8 Å². The van der Waals surface area contributed by atoms with E-state index in [1.54, 1.807) is 0 Å². The number of fused-ring (bicyclic) bond motifs is 1. The molecule has 0 spiro atoms. The third-order valence-corrected chi connectivity index (χ3v) is 13.9. The Hall–Kier alpha value is -2.69. The number of allylic oxidation sites excluding steroid dienone is 2. The minimum absolute atomic E-state index is 0.0691. The molecule has 0 aromatic rings. The summed E-state index contributed by atoms with van der Waals surface area (Å²) in [5, 5.41) is 18.3. The smallest absolute Gasteiger partial charge is 0.472 e. The number of phosphoric acid groups is 1. The van der Waals surface area contributed by atoms with Crippen LogP contribution in [0.25, 0.3) is 0 Å². The molecule has 7 N–H and O–H groups in total. The zero-order valence-corrected chi connectivity index (χ0v) is 40.5. The van der Waals surface area contributed by atoms with E-state index in [1.165, 1.54) is 38.5 Å². The maximum absolute atomic E-state index is 12.7. The maximum atomic E-state index is 12.7. The number of phosphoric ester groups is 1. The van der Waals surface area contributed by atoms with E-state index in [0.29, 0.717) is 31.1 Å². The lowest BCUT2D eigenvalue weighted by Crippen LogP contribution is -2.36. The van der Waals surface area contributed by atoms with E-state index in [4.69, 9.17) is 24.8 Å². The van der Waals surface area contributed by atoms with Gasteiger partial charge in [-0.1, -0.05) is 122 Å².